The van der Waals surface area contributed by atoms with Crippen LogP contribution in [0.3, 0.4) is 0 Å². The van der Waals surface area contributed by atoms with Crippen molar-refractivity contribution in [2.24, 2.45) is 0 Å². The molecule has 3 aromatic rings. The van der Waals surface area contributed by atoms with Crippen LogP contribution < -0.4 is 0 Å². The topological polar surface area (TPSA) is 57.6 Å². The zero-order valence-electron chi connectivity index (χ0n) is 16.9. The highest BCUT2D eigenvalue weighted by Gasteiger charge is 2.29. The number of terminal acetylenes is 1. The van der Waals surface area contributed by atoms with E-state index in [-0.39, 0.29) is 6.42 Å². The lowest BCUT2D eigenvalue weighted by molar-refractivity contribution is -0.141. The first-order valence-electron chi connectivity index (χ1n) is 9.88. The van der Waals surface area contributed by atoms with Crippen molar-refractivity contribution in [2.45, 2.75) is 25.3 Å². The summed E-state index contributed by atoms with van der Waals surface area (Å²) in [7, 11) is 0. The summed E-state index contributed by atoms with van der Waals surface area (Å²) in [6, 6.07) is 25.4. The summed E-state index contributed by atoms with van der Waals surface area (Å²) in [4.78, 5) is 25.0. The summed E-state index contributed by atoms with van der Waals surface area (Å²) < 4.78 is 0. The number of rotatable bonds is 6. The van der Waals surface area contributed by atoms with Crippen molar-refractivity contribution in [1.82, 2.24) is 4.90 Å². The maximum Gasteiger partial charge on any atom is 0.327 e. The fourth-order valence-corrected chi connectivity index (χ4v) is 3.41. The number of hydrogen-bond acceptors (Lipinski definition) is 2. The number of nitrogens with zero attached hydrogens (tertiary/aromatic N) is 1. The number of aliphatic carboxylic acids is 1. The van der Waals surface area contributed by atoms with Crippen LogP contribution >= 0.6 is 11.6 Å². The lowest BCUT2D eigenvalue weighted by Crippen LogP contribution is -2.42. The summed E-state index contributed by atoms with van der Waals surface area (Å²) in [5.74, 6) is -1.67. The van der Waals surface area contributed by atoms with Crippen molar-refractivity contribution >= 4 is 23.5 Å². The van der Waals surface area contributed by atoms with Gasteiger partial charge in [0.2, 0.25) is 0 Å². The summed E-state index contributed by atoms with van der Waals surface area (Å²) in [6.07, 6.45) is 7.36. The highest BCUT2D eigenvalue weighted by Crippen LogP contribution is 2.19. The molecule has 1 atom stereocenters. The van der Waals surface area contributed by atoms with Crippen LogP contribution in [0.1, 0.15) is 33.5 Å². The molecule has 5 rings (SSSR count). The minimum Gasteiger partial charge on any atom is -0.480 e. The highest BCUT2D eigenvalue weighted by molar-refractivity contribution is 6.30. The Bertz CT molecular complexity index is 1060. The van der Waals surface area contributed by atoms with Crippen molar-refractivity contribution in [3.05, 3.63) is 106 Å². The van der Waals surface area contributed by atoms with Gasteiger partial charge in [-0.05, 0) is 60.2 Å². The van der Waals surface area contributed by atoms with Crippen LogP contribution in [0.25, 0.3) is 0 Å². The van der Waals surface area contributed by atoms with Gasteiger partial charge in [0.15, 0.2) is 0 Å². The average Bonchev–Trinajstić information content (AvgIpc) is 2.78. The molecule has 0 radical (unpaired) electrons. The fraction of sp³-hybridized carbons (Fsp3) is 0.154. The van der Waals surface area contributed by atoms with Crippen molar-refractivity contribution in [2.75, 3.05) is 0 Å². The molecular weight excluding hydrogens is 410 g/mol. The smallest absolute Gasteiger partial charge is 0.327 e. The molecule has 1 amide bonds. The van der Waals surface area contributed by atoms with Gasteiger partial charge in [-0.2, -0.15) is 0 Å². The lowest BCUT2D eigenvalue weighted by atomic mass is 9.94. The van der Waals surface area contributed by atoms with E-state index in [0.717, 1.165) is 10.5 Å². The first-order valence-corrected chi connectivity index (χ1v) is 10.3. The SMILES string of the molecule is C#CN(C(=O)c1ccc(Cl)cc1)C(CCc1ccccc1)C(=O)O.c1cc2cc(c1)C2. The van der Waals surface area contributed by atoms with Crippen LogP contribution in [-0.4, -0.2) is 27.9 Å². The Hall–Kier alpha value is -3.55. The number of hydrogen-bond donors (Lipinski definition) is 1. The van der Waals surface area contributed by atoms with Crippen LogP contribution in [0.5, 0.6) is 0 Å². The van der Waals surface area contributed by atoms with Gasteiger partial charge in [-0.1, -0.05) is 72.6 Å². The quantitative estimate of drug-likeness (QED) is 0.343. The Kier molecular flexibility index (Phi) is 7.48. The van der Waals surface area contributed by atoms with E-state index in [9.17, 15) is 14.7 Å². The first kappa shape index (κ1) is 22.1. The number of carboxylic acid groups (broad SMARTS) is 1. The van der Waals surface area contributed by atoms with E-state index in [1.54, 1.807) is 12.1 Å². The molecule has 3 aromatic carbocycles. The maximum atomic E-state index is 12.5. The van der Waals surface area contributed by atoms with Gasteiger partial charge in [0.05, 0.1) is 0 Å². The molecule has 0 aliphatic heterocycles. The predicted octanol–water partition coefficient (Wildman–Crippen LogP) is 5.05. The average molecular weight is 432 g/mol. The molecule has 2 aliphatic carbocycles. The van der Waals surface area contributed by atoms with Crippen molar-refractivity contribution in [1.29, 1.82) is 0 Å². The van der Waals surface area contributed by atoms with E-state index >= 15 is 0 Å². The Morgan fingerprint density at radius 2 is 1.61 bits per heavy atom. The van der Waals surface area contributed by atoms with Crippen LogP contribution in [0.2, 0.25) is 5.02 Å². The van der Waals surface area contributed by atoms with Gasteiger partial charge >= 0.3 is 5.97 Å². The number of carboxylic acids is 1. The van der Waals surface area contributed by atoms with E-state index in [0.29, 0.717) is 17.0 Å². The molecular formula is C26H22ClNO3. The van der Waals surface area contributed by atoms with E-state index in [2.05, 4.69) is 30.3 Å². The zero-order valence-corrected chi connectivity index (χ0v) is 17.6. The normalized spacial score (nSPS) is 11.7. The van der Waals surface area contributed by atoms with Gasteiger partial charge in [0, 0.05) is 16.6 Å². The summed E-state index contributed by atoms with van der Waals surface area (Å²) in [6.45, 7) is 0. The number of aryl methyl sites for hydroxylation is 1. The molecule has 1 N–H and O–H groups in total. The highest BCUT2D eigenvalue weighted by atomic mass is 35.5. The summed E-state index contributed by atoms with van der Waals surface area (Å²) in [5, 5.41) is 9.97. The summed E-state index contributed by atoms with van der Waals surface area (Å²) in [5.41, 5.74) is 4.25. The number of benzene rings is 3. The Morgan fingerprint density at radius 1 is 1.00 bits per heavy atom. The number of carbonyl (C=O) groups is 2. The molecule has 0 aromatic heterocycles. The largest absolute Gasteiger partial charge is 0.480 e. The zero-order chi connectivity index (χ0) is 22.2. The molecule has 0 saturated heterocycles. The van der Waals surface area contributed by atoms with E-state index in [1.165, 1.54) is 29.7 Å². The minimum atomic E-state index is -1.13. The second-order valence-corrected chi connectivity index (χ2v) is 7.62. The number of carbonyl (C=O) groups excluding carboxylic acids is 1. The minimum absolute atomic E-state index is 0.225. The molecule has 2 bridgehead atoms. The van der Waals surface area contributed by atoms with Crippen LogP contribution in [0, 0.1) is 12.5 Å². The van der Waals surface area contributed by atoms with Gasteiger partial charge in [-0.3, -0.25) is 9.69 Å². The number of fused-ring (bicyclic) bond motifs is 2. The van der Waals surface area contributed by atoms with E-state index in [4.69, 9.17) is 18.0 Å². The van der Waals surface area contributed by atoms with E-state index < -0.39 is 17.9 Å². The molecule has 5 heteroatoms. The van der Waals surface area contributed by atoms with Crippen LogP contribution in [0.15, 0.2) is 78.9 Å². The molecule has 4 nitrogen and oxygen atoms in total. The Balaban J connectivity index is 0.000000322. The molecule has 0 saturated carbocycles. The monoisotopic (exact) mass is 431 g/mol. The fourth-order valence-electron chi connectivity index (χ4n) is 3.29. The Morgan fingerprint density at radius 3 is 2.06 bits per heavy atom. The number of halogens is 1. The van der Waals surface area contributed by atoms with Crippen molar-refractivity contribution in [3.63, 3.8) is 0 Å². The predicted molar refractivity (Wildman–Crippen MR) is 122 cm³/mol. The molecule has 31 heavy (non-hydrogen) atoms. The van der Waals surface area contributed by atoms with Crippen LogP contribution in [-0.2, 0) is 17.6 Å². The Labute approximate surface area is 187 Å². The van der Waals surface area contributed by atoms with Crippen molar-refractivity contribution < 1.29 is 14.7 Å². The van der Waals surface area contributed by atoms with E-state index in [1.807, 2.05) is 30.3 Å². The lowest BCUT2D eigenvalue weighted by Gasteiger charge is -2.23. The van der Waals surface area contributed by atoms with Gasteiger partial charge in [-0.25, -0.2) is 4.79 Å². The number of amides is 1. The molecule has 156 valence electrons. The molecule has 0 heterocycles. The summed E-state index contributed by atoms with van der Waals surface area (Å²) >= 11 is 5.80. The molecule has 0 fully saturated rings. The maximum absolute atomic E-state index is 12.5. The van der Waals surface area contributed by atoms with Gasteiger partial charge < -0.3 is 5.11 Å². The second-order valence-electron chi connectivity index (χ2n) is 7.19. The third-order valence-corrected chi connectivity index (χ3v) is 5.25. The van der Waals surface area contributed by atoms with Gasteiger partial charge in [0.1, 0.15) is 6.04 Å². The van der Waals surface area contributed by atoms with Gasteiger partial charge in [-0.15, -0.1) is 0 Å². The molecule has 0 spiro atoms. The first-order chi connectivity index (χ1) is 15.0. The van der Waals surface area contributed by atoms with Crippen molar-refractivity contribution in [3.8, 4) is 12.5 Å². The molecule has 2 aliphatic rings. The standard InChI is InChI=1S/C19H16ClNO3.C7H6/c1-2-21(18(22)15-9-11-16(20)12-10-15)17(19(23)24)13-8-14-6-4-3-5-7-14;1-2-6-4-7(3-1)5-6/h1,3-7,9-12,17H,8,13H2,(H,23,24);1-4H,5H2. The van der Waals surface area contributed by atoms with Gasteiger partial charge in [0.25, 0.3) is 5.91 Å². The molecule has 1 unspecified atom stereocenters. The third kappa shape index (κ3) is 5.97. The second kappa shape index (κ2) is 10.5. The van der Waals surface area contributed by atoms with Crippen LogP contribution in [0.4, 0.5) is 0 Å². The third-order valence-electron chi connectivity index (χ3n) is 4.99.